The van der Waals surface area contributed by atoms with Gasteiger partial charge in [-0.15, -0.1) is 0 Å². The molecule has 3 rings (SSSR count). The molecular weight excluding hydrogens is 373 g/mol. The monoisotopic (exact) mass is 393 g/mol. The minimum absolute atomic E-state index is 0.0317. The first-order valence-electron chi connectivity index (χ1n) is 8.40. The zero-order valence-corrected chi connectivity index (χ0v) is 15.2. The number of carbonyl (C=O) groups is 1. The Bertz CT molecular complexity index is 901. The molecule has 0 saturated carbocycles. The molecule has 9 heteroatoms. The molecule has 2 aromatic rings. The van der Waals surface area contributed by atoms with Gasteiger partial charge in [-0.1, -0.05) is 0 Å². The summed E-state index contributed by atoms with van der Waals surface area (Å²) in [7, 11) is -3.84. The van der Waals surface area contributed by atoms with Gasteiger partial charge < -0.3 is 15.7 Å². The molecule has 2 unspecified atom stereocenters. The number of benzene rings is 2. The van der Waals surface area contributed by atoms with Gasteiger partial charge >= 0.3 is 0 Å². The van der Waals surface area contributed by atoms with Gasteiger partial charge in [0, 0.05) is 36.8 Å². The third kappa shape index (κ3) is 4.82. The Morgan fingerprint density at radius 2 is 1.78 bits per heavy atom. The van der Waals surface area contributed by atoms with E-state index in [2.05, 4.69) is 15.4 Å². The SMILES string of the molecule is O=C(NCC1CNCC1O)c1ccc(NS(=O)(=O)c2ccc(F)cc2)cc1. The molecule has 0 spiro atoms. The number of halogens is 1. The van der Waals surface area contributed by atoms with Crippen molar-refractivity contribution in [2.75, 3.05) is 24.4 Å². The summed E-state index contributed by atoms with van der Waals surface area (Å²) < 4.78 is 39.9. The minimum atomic E-state index is -3.84. The highest BCUT2D eigenvalue weighted by molar-refractivity contribution is 7.92. The average Bonchev–Trinajstić information content (AvgIpc) is 3.05. The topological polar surface area (TPSA) is 108 Å². The molecular formula is C18H20FN3O4S. The van der Waals surface area contributed by atoms with Gasteiger partial charge in [0.05, 0.1) is 11.0 Å². The first-order chi connectivity index (χ1) is 12.8. The summed E-state index contributed by atoms with van der Waals surface area (Å²) >= 11 is 0. The average molecular weight is 393 g/mol. The van der Waals surface area contributed by atoms with Crippen LogP contribution >= 0.6 is 0 Å². The van der Waals surface area contributed by atoms with Crippen LogP contribution < -0.4 is 15.4 Å². The highest BCUT2D eigenvalue weighted by Crippen LogP contribution is 2.17. The van der Waals surface area contributed by atoms with E-state index in [-0.39, 0.29) is 22.4 Å². The Morgan fingerprint density at radius 1 is 1.11 bits per heavy atom. The van der Waals surface area contributed by atoms with Gasteiger partial charge in [-0.2, -0.15) is 0 Å². The fourth-order valence-corrected chi connectivity index (χ4v) is 3.83. The van der Waals surface area contributed by atoms with E-state index >= 15 is 0 Å². The number of anilines is 1. The van der Waals surface area contributed by atoms with E-state index in [4.69, 9.17) is 0 Å². The van der Waals surface area contributed by atoms with E-state index in [9.17, 15) is 22.7 Å². The third-order valence-electron chi connectivity index (χ3n) is 4.35. The van der Waals surface area contributed by atoms with E-state index in [1.165, 1.54) is 36.4 Å². The Hall–Kier alpha value is -2.49. The zero-order chi connectivity index (χ0) is 19.4. The summed E-state index contributed by atoms with van der Waals surface area (Å²) in [6.07, 6.45) is -0.478. The van der Waals surface area contributed by atoms with Crippen LogP contribution in [0, 0.1) is 11.7 Å². The van der Waals surface area contributed by atoms with Crippen molar-refractivity contribution in [3.8, 4) is 0 Å². The van der Waals surface area contributed by atoms with Crippen LogP contribution in [0.2, 0.25) is 0 Å². The van der Waals surface area contributed by atoms with Crippen LogP contribution in [-0.4, -0.2) is 45.2 Å². The van der Waals surface area contributed by atoms with Crippen molar-refractivity contribution in [3.05, 3.63) is 59.9 Å². The predicted octanol–water partition coefficient (Wildman–Crippen LogP) is 0.937. The Kier molecular flexibility index (Phi) is 5.73. The van der Waals surface area contributed by atoms with E-state index in [0.29, 0.717) is 25.2 Å². The second-order valence-electron chi connectivity index (χ2n) is 6.33. The molecule has 1 aliphatic heterocycles. The van der Waals surface area contributed by atoms with Gasteiger partial charge in [0.1, 0.15) is 5.82 Å². The summed E-state index contributed by atoms with van der Waals surface area (Å²) in [6.45, 7) is 1.51. The molecule has 0 bridgehead atoms. The fourth-order valence-electron chi connectivity index (χ4n) is 2.77. The van der Waals surface area contributed by atoms with Crippen molar-refractivity contribution in [1.82, 2.24) is 10.6 Å². The highest BCUT2D eigenvalue weighted by Gasteiger charge is 2.25. The molecule has 2 aromatic carbocycles. The first kappa shape index (κ1) is 19.3. The number of aliphatic hydroxyl groups excluding tert-OH is 1. The van der Waals surface area contributed by atoms with Crippen LogP contribution in [-0.2, 0) is 10.0 Å². The van der Waals surface area contributed by atoms with Crippen LogP contribution in [0.3, 0.4) is 0 Å². The summed E-state index contributed by atoms with van der Waals surface area (Å²) in [6, 6.07) is 10.4. The number of hydrogen-bond donors (Lipinski definition) is 4. The molecule has 1 amide bonds. The summed E-state index contributed by atoms with van der Waals surface area (Å²) in [5.74, 6) is -0.858. The number of carbonyl (C=O) groups excluding carboxylic acids is 1. The summed E-state index contributed by atoms with van der Waals surface area (Å²) in [5, 5.41) is 15.5. The number of rotatable bonds is 6. The van der Waals surface area contributed by atoms with Crippen molar-refractivity contribution < 1.29 is 22.7 Å². The standard InChI is InChI=1S/C18H20FN3O4S/c19-14-3-7-16(8-4-14)27(25,26)22-15-5-1-12(2-6-15)18(24)21-10-13-9-20-11-17(13)23/h1-8,13,17,20,22-23H,9-11H2,(H,21,24). The largest absolute Gasteiger partial charge is 0.391 e. The molecule has 1 fully saturated rings. The van der Waals surface area contributed by atoms with Gasteiger partial charge in [0.2, 0.25) is 0 Å². The van der Waals surface area contributed by atoms with Gasteiger partial charge in [0.25, 0.3) is 15.9 Å². The van der Waals surface area contributed by atoms with Crippen molar-refractivity contribution in [2.24, 2.45) is 5.92 Å². The number of nitrogens with one attached hydrogen (secondary N) is 3. The first-order valence-corrected chi connectivity index (χ1v) is 9.89. The van der Waals surface area contributed by atoms with Gasteiger partial charge in [-0.3, -0.25) is 9.52 Å². The minimum Gasteiger partial charge on any atom is -0.391 e. The molecule has 7 nitrogen and oxygen atoms in total. The molecule has 2 atom stereocenters. The molecule has 4 N–H and O–H groups in total. The lowest BCUT2D eigenvalue weighted by molar-refractivity contribution is 0.0927. The number of aliphatic hydroxyl groups is 1. The van der Waals surface area contributed by atoms with Crippen LogP contribution in [0.25, 0.3) is 0 Å². The Morgan fingerprint density at radius 3 is 2.37 bits per heavy atom. The molecule has 0 aliphatic carbocycles. The zero-order valence-electron chi connectivity index (χ0n) is 14.4. The molecule has 144 valence electrons. The van der Waals surface area contributed by atoms with Crippen LogP contribution in [0.15, 0.2) is 53.4 Å². The number of sulfonamides is 1. The van der Waals surface area contributed by atoms with Gasteiger partial charge in [-0.05, 0) is 48.5 Å². The van der Waals surface area contributed by atoms with Gasteiger partial charge in [0.15, 0.2) is 0 Å². The molecule has 1 saturated heterocycles. The maximum Gasteiger partial charge on any atom is 0.261 e. The second-order valence-corrected chi connectivity index (χ2v) is 8.01. The normalized spacial score (nSPS) is 19.6. The maximum absolute atomic E-state index is 12.9. The summed E-state index contributed by atoms with van der Waals surface area (Å²) in [4.78, 5) is 12.1. The quantitative estimate of drug-likeness (QED) is 0.584. The molecule has 1 heterocycles. The second kappa shape index (κ2) is 8.03. The lowest BCUT2D eigenvalue weighted by Crippen LogP contribution is -2.34. The van der Waals surface area contributed by atoms with Crippen LogP contribution in [0.5, 0.6) is 0 Å². The molecule has 1 aliphatic rings. The molecule has 27 heavy (non-hydrogen) atoms. The number of amides is 1. The van der Waals surface area contributed by atoms with E-state index in [0.717, 1.165) is 12.1 Å². The van der Waals surface area contributed by atoms with Gasteiger partial charge in [-0.25, -0.2) is 12.8 Å². The predicted molar refractivity (Wildman–Crippen MR) is 98.4 cm³/mol. The van der Waals surface area contributed by atoms with Crippen LogP contribution in [0.4, 0.5) is 10.1 Å². The fraction of sp³-hybridized carbons (Fsp3) is 0.278. The number of β-amino-alcohol motifs (C(OH)–C–C–N with tert-alkyl or cyclic N) is 1. The smallest absolute Gasteiger partial charge is 0.261 e. The van der Waals surface area contributed by atoms with Crippen molar-refractivity contribution in [2.45, 2.75) is 11.0 Å². The molecule has 0 aromatic heterocycles. The lowest BCUT2D eigenvalue weighted by atomic mass is 10.1. The van der Waals surface area contributed by atoms with Crippen LogP contribution in [0.1, 0.15) is 10.4 Å². The third-order valence-corrected chi connectivity index (χ3v) is 5.75. The number of hydrogen-bond acceptors (Lipinski definition) is 5. The van der Waals surface area contributed by atoms with Crippen molar-refractivity contribution in [1.29, 1.82) is 0 Å². The van der Waals surface area contributed by atoms with E-state index in [1.54, 1.807) is 0 Å². The van der Waals surface area contributed by atoms with Crippen molar-refractivity contribution in [3.63, 3.8) is 0 Å². The van der Waals surface area contributed by atoms with E-state index < -0.39 is 21.9 Å². The van der Waals surface area contributed by atoms with Crippen molar-refractivity contribution >= 4 is 21.6 Å². The lowest BCUT2D eigenvalue weighted by Gasteiger charge is -2.14. The highest BCUT2D eigenvalue weighted by atomic mass is 32.2. The molecule has 0 radical (unpaired) electrons. The Balaban J connectivity index is 1.61. The van der Waals surface area contributed by atoms with E-state index in [1.807, 2.05) is 0 Å². The maximum atomic E-state index is 12.9. The Labute approximate surface area is 156 Å². The summed E-state index contributed by atoms with van der Waals surface area (Å²) in [5.41, 5.74) is 0.659.